The molecule has 2 aromatic heterocycles. The highest BCUT2D eigenvalue weighted by atomic mass is 35.5. The third-order valence-electron chi connectivity index (χ3n) is 3.86. The first kappa shape index (κ1) is 16.7. The summed E-state index contributed by atoms with van der Waals surface area (Å²) in [5, 5.41) is 10.1. The lowest BCUT2D eigenvalue weighted by Crippen LogP contribution is -1.92. The topological polar surface area (TPSA) is 76.5 Å². The Morgan fingerprint density at radius 3 is 2.46 bits per heavy atom. The smallest absolute Gasteiger partial charge is 0.371 e. The molecule has 0 spiro atoms. The fraction of sp³-hybridized carbons (Fsp3) is 0.0526. The second-order valence-electron chi connectivity index (χ2n) is 5.69. The highest BCUT2D eigenvalue weighted by Crippen LogP contribution is 2.31. The zero-order valence-electron chi connectivity index (χ0n) is 13.2. The average molecular weight is 388 g/mol. The quantitative estimate of drug-likeness (QED) is 0.487. The molecule has 4 rings (SSSR count). The molecule has 0 fully saturated rings. The molecule has 7 heteroatoms. The zero-order chi connectivity index (χ0) is 18.3. The number of benzene rings is 2. The fourth-order valence-corrected chi connectivity index (χ4v) is 3.05. The van der Waals surface area contributed by atoms with Crippen LogP contribution in [0.3, 0.4) is 0 Å². The first-order valence-corrected chi connectivity index (χ1v) is 8.42. The van der Waals surface area contributed by atoms with Crippen molar-refractivity contribution in [3.05, 3.63) is 75.7 Å². The molecule has 5 nitrogen and oxygen atoms in total. The maximum atomic E-state index is 11.0. The molecular formula is C19H11Cl2NO4. The van der Waals surface area contributed by atoms with E-state index in [0.717, 1.165) is 11.1 Å². The summed E-state index contributed by atoms with van der Waals surface area (Å²) in [7, 11) is 0. The first-order chi connectivity index (χ1) is 12.5. The Balaban J connectivity index is 1.76. The number of halogens is 2. The van der Waals surface area contributed by atoms with Crippen LogP contribution in [0.1, 0.15) is 21.9 Å². The SMILES string of the molecule is O=C(O)c1ccc(Cc2cc(Cl)cc3nc(-c4ccc(Cl)cc4)oc23)o1. The van der Waals surface area contributed by atoms with Gasteiger partial charge in [-0.25, -0.2) is 9.78 Å². The molecule has 2 aromatic carbocycles. The number of carboxylic acids is 1. The van der Waals surface area contributed by atoms with E-state index in [0.29, 0.717) is 39.2 Å². The number of hydrogen-bond donors (Lipinski definition) is 1. The second kappa shape index (κ2) is 6.52. The monoisotopic (exact) mass is 387 g/mol. The molecular weight excluding hydrogens is 377 g/mol. The van der Waals surface area contributed by atoms with Crippen molar-refractivity contribution in [1.82, 2.24) is 4.98 Å². The van der Waals surface area contributed by atoms with E-state index in [1.807, 2.05) is 12.1 Å². The van der Waals surface area contributed by atoms with Crippen molar-refractivity contribution in [3.8, 4) is 11.5 Å². The summed E-state index contributed by atoms with van der Waals surface area (Å²) in [6.45, 7) is 0. The van der Waals surface area contributed by atoms with Gasteiger partial charge in [0.1, 0.15) is 11.3 Å². The van der Waals surface area contributed by atoms with E-state index >= 15 is 0 Å². The van der Waals surface area contributed by atoms with E-state index in [1.54, 1.807) is 30.3 Å². The van der Waals surface area contributed by atoms with Crippen LogP contribution in [0.25, 0.3) is 22.6 Å². The van der Waals surface area contributed by atoms with E-state index < -0.39 is 5.97 Å². The number of carboxylic acid groups (broad SMARTS) is 1. The predicted octanol–water partition coefficient (Wildman–Crippen LogP) is 5.68. The van der Waals surface area contributed by atoms with Crippen molar-refractivity contribution in [1.29, 1.82) is 0 Å². The standard InChI is InChI=1S/C19H11Cl2NO4/c20-12-3-1-10(2-4-12)18-22-15-9-13(21)7-11(17(15)26-18)8-14-5-6-16(25-14)19(23)24/h1-7,9H,8H2,(H,23,24). The Hall–Kier alpha value is -2.76. The second-order valence-corrected chi connectivity index (χ2v) is 6.56. The van der Waals surface area contributed by atoms with Gasteiger partial charge in [-0.3, -0.25) is 0 Å². The minimum absolute atomic E-state index is 0.113. The average Bonchev–Trinajstić information content (AvgIpc) is 3.22. The van der Waals surface area contributed by atoms with Crippen LogP contribution in [0, 0.1) is 0 Å². The lowest BCUT2D eigenvalue weighted by molar-refractivity contribution is 0.0660. The van der Waals surface area contributed by atoms with E-state index in [9.17, 15) is 4.79 Å². The first-order valence-electron chi connectivity index (χ1n) is 7.66. The van der Waals surface area contributed by atoms with Crippen molar-refractivity contribution < 1.29 is 18.7 Å². The number of oxazole rings is 1. The van der Waals surface area contributed by atoms with Gasteiger partial charge in [0.05, 0.1) is 0 Å². The van der Waals surface area contributed by atoms with Gasteiger partial charge in [0, 0.05) is 27.6 Å². The molecule has 0 saturated carbocycles. The Kier molecular flexibility index (Phi) is 4.18. The van der Waals surface area contributed by atoms with Crippen molar-refractivity contribution in [2.24, 2.45) is 0 Å². The van der Waals surface area contributed by atoms with E-state index in [4.69, 9.17) is 37.1 Å². The molecule has 0 saturated heterocycles. The normalized spacial score (nSPS) is 11.2. The van der Waals surface area contributed by atoms with Crippen LogP contribution in [0.2, 0.25) is 10.0 Å². The van der Waals surface area contributed by atoms with E-state index in [-0.39, 0.29) is 5.76 Å². The van der Waals surface area contributed by atoms with Crippen molar-refractivity contribution in [3.63, 3.8) is 0 Å². The van der Waals surface area contributed by atoms with Gasteiger partial charge in [0.15, 0.2) is 5.58 Å². The van der Waals surface area contributed by atoms with Crippen LogP contribution in [-0.2, 0) is 6.42 Å². The van der Waals surface area contributed by atoms with Crippen LogP contribution in [-0.4, -0.2) is 16.1 Å². The minimum Gasteiger partial charge on any atom is -0.475 e. The van der Waals surface area contributed by atoms with Crippen LogP contribution < -0.4 is 0 Å². The molecule has 4 aromatic rings. The number of hydrogen-bond acceptors (Lipinski definition) is 4. The third kappa shape index (κ3) is 3.19. The number of nitrogens with zero attached hydrogens (tertiary/aromatic N) is 1. The number of aromatic carboxylic acids is 1. The van der Waals surface area contributed by atoms with Gasteiger partial charge in [0.25, 0.3) is 0 Å². The lowest BCUT2D eigenvalue weighted by atomic mass is 10.1. The summed E-state index contributed by atoms with van der Waals surface area (Å²) < 4.78 is 11.3. The van der Waals surface area contributed by atoms with Gasteiger partial charge in [-0.15, -0.1) is 0 Å². The molecule has 1 N–H and O–H groups in total. The number of fused-ring (bicyclic) bond motifs is 1. The number of aromatic nitrogens is 1. The molecule has 0 unspecified atom stereocenters. The Labute approximate surface area is 157 Å². The van der Waals surface area contributed by atoms with Crippen LogP contribution >= 0.6 is 23.2 Å². The molecule has 0 radical (unpaired) electrons. The molecule has 26 heavy (non-hydrogen) atoms. The van der Waals surface area contributed by atoms with Crippen molar-refractivity contribution in [2.45, 2.75) is 6.42 Å². The number of rotatable bonds is 4. The third-order valence-corrected chi connectivity index (χ3v) is 4.33. The van der Waals surface area contributed by atoms with Gasteiger partial charge in [-0.05, 0) is 48.5 Å². The summed E-state index contributed by atoms with van der Waals surface area (Å²) >= 11 is 12.1. The van der Waals surface area contributed by atoms with Gasteiger partial charge in [0.2, 0.25) is 11.7 Å². The van der Waals surface area contributed by atoms with E-state index in [1.165, 1.54) is 6.07 Å². The van der Waals surface area contributed by atoms with Crippen LogP contribution in [0.15, 0.2) is 57.4 Å². The molecule has 2 heterocycles. The number of carbonyl (C=O) groups is 1. The lowest BCUT2D eigenvalue weighted by Gasteiger charge is -2.01. The molecule has 130 valence electrons. The van der Waals surface area contributed by atoms with Crippen molar-refractivity contribution >= 4 is 40.3 Å². The molecule has 0 bridgehead atoms. The molecule has 0 aliphatic heterocycles. The van der Waals surface area contributed by atoms with Crippen molar-refractivity contribution in [2.75, 3.05) is 0 Å². The maximum absolute atomic E-state index is 11.0. The summed E-state index contributed by atoms with van der Waals surface area (Å²) in [5.74, 6) is -0.281. The zero-order valence-corrected chi connectivity index (χ0v) is 14.7. The summed E-state index contributed by atoms with van der Waals surface area (Å²) in [6, 6.07) is 13.7. The molecule has 0 aliphatic rings. The summed E-state index contributed by atoms with van der Waals surface area (Å²) in [5.41, 5.74) is 2.74. The predicted molar refractivity (Wildman–Crippen MR) is 97.9 cm³/mol. The number of furan rings is 1. The minimum atomic E-state index is -1.11. The van der Waals surface area contributed by atoms with E-state index in [2.05, 4.69) is 4.98 Å². The fourth-order valence-electron chi connectivity index (χ4n) is 2.69. The highest BCUT2D eigenvalue weighted by molar-refractivity contribution is 6.31. The molecule has 0 aliphatic carbocycles. The Bertz CT molecular complexity index is 1110. The van der Waals surface area contributed by atoms with Gasteiger partial charge < -0.3 is 13.9 Å². The Morgan fingerprint density at radius 2 is 1.77 bits per heavy atom. The van der Waals surface area contributed by atoms with Gasteiger partial charge in [-0.2, -0.15) is 0 Å². The Morgan fingerprint density at radius 1 is 1.00 bits per heavy atom. The van der Waals surface area contributed by atoms with Crippen LogP contribution in [0.4, 0.5) is 0 Å². The largest absolute Gasteiger partial charge is 0.475 e. The molecule has 0 amide bonds. The summed E-state index contributed by atoms with van der Waals surface area (Å²) in [6.07, 6.45) is 0.333. The molecule has 0 atom stereocenters. The van der Waals surface area contributed by atoms with Gasteiger partial charge >= 0.3 is 5.97 Å². The highest BCUT2D eigenvalue weighted by Gasteiger charge is 2.16. The summed E-state index contributed by atoms with van der Waals surface area (Å²) in [4.78, 5) is 15.5. The maximum Gasteiger partial charge on any atom is 0.371 e. The van der Waals surface area contributed by atoms with Gasteiger partial charge in [-0.1, -0.05) is 23.2 Å². The van der Waals surface area contributed by atoms with Crippen LogP contribution in [0.5, 0.6) is 0 Å².